The fourth-order valence-corrected chi connectivity index (χ4v) is 3.03. The third-order valence-electron chi connectivity index (χ3n) is 2.55. The van der Waals surface area contributed by atoms with E-state index in [1.807, 2.05) is 19.1 Å². The molecule has 0 radical (unpaired) electrons. The second kappa shape index (κ2) is 6.22. The van der Waals surface area contributed by atoms with Crippen molar-refractivity contribution in [1.82, 2.24) is 0 Å². The molecule has 0 saturated heterocycles. The van der Waals surface area contributed by atoms with Gasteiger partial charge in [-0.3, -0.25) is 0 Å². The highest BCUT2D eigenvalue weighted by Crippen LogP contribution is 2.29. The lowest BCUT2D eigenvalue weighted by atomic mass is 10.1. The summed E-state index contributed by atoms with van der Waals surface area (Å²) in [7, 11) is 0. The highest BCUT2D eigenvalue weighted by atomic mass is 79.9. The number of thiophene rings is 1. The third kappa shape index (κ3) is 3.58. The Bertz CT molecular complexity index is 436. The molecule has 1 aromatic heterocycles. The Morgan fingerprint density at radius 1 is 1.24 bits per heavy atom. The highest BCUT2D eigenvalue weighted by Gasteiger charge is 2.08. The molecule has 90 valence electrons. The van der Waals surface area contributed by atoms with Gasteiger partial charge in [-0.05, 0) is 53.4 Å². The van der Waals surface area contributed by atoms with E-state index in [-0.39, 0.29) is 0 Å². The standard InChI is InChI=1S/C14H15BrOS/c1-2-16-13-5-3-12(4-6-13)14(15)9-11-7-8-17-10-11/h3-8,10,14H,2,9H2,1H3. The Kier molecular flexibility index (Phi) is 4.63. The van der Waals surface area contributed by atoms with Crippen molar-refractivity contribution in [3.8, 4) is 5.75 Å². The molecule has 1 aromatic carbocycles. The molecular formula is C14H15BrOS. The number of benzene rings is 1. The molecule has 2 rings (SSSR count). The monoisotopic (exact) mass is 310 g/mol. The van der Waals surface area contributed by atoms with E-state index in [0.29, 0.717) is 11.4 Å². The van der Waals surface area contributed by atoms with Crippen LogP contribution in [0.3, 0.4) is 0 Å². The van der Waals surface area contributed by atoms with Gasteiger partial charge in [-0.15, -0.1) is 0 Å². The van der Waals surface area contributed by atoms with Gasteiger partial charge in [0.05, 0.1) is 6.61 Å². The van der Waals surface area contributed by atoms with Crippen LogP contribution in [-0.4, -0.2) is 6.61 Å². The van der Waals surface area contributed by atoms with Crippen molar-refractivity contribution in [3.05, 3.63) is 52.2 Å². The number of alkyl halides is 1. The van der Waals surface area contributed by atoms with E-state index in [2.05, 4.69) is 44.9 Å². The van der Waals surface area contributed by atoms with Crippen LogP contribution in [0.2, 0.25) is 0 Å². The van der Waals surface area contributed by atoms with E-state index in [1.54, 1.807) is 11.3 Å². The normalized spacial score (nSPS) is 12.4. The van der Waals surface area contributed by atoms with Crippen LogP contribution in [0.1, 0.15) is 22.9 Å². The lowest BCUT2D eigenvalue weighted by molar-refractivity contribution is 0.340. The molecule has 1 nitrogen and oxygen atoms in total. The van der Waals surface area contributed by atoms with Crippen molar-refractivity contribution in [2.24, 2.45) is 0 Å². The second-order valence-corrected chi connectivity index (χ2v) is 5.69. The smallest absolute Gasteiger partial charge is 0.119 e. The first-order valence-electron chi connectivity index (χ1n) is 5.67. The van der Waals surface area contributed by atoms with Crippen molar-refractivity contribution >= 4 is 27.3 Å². The zero-order chi connectivity index (χ0) is 12.1. The Morgan fingerprint density at radius 3 is 2.59 bits per heavy atom. The summed E-state index contributed by atoms with van der Waals surface area (Å²) in [6, 6.07) is 10.5. The van der Waals surface area contributed by atoms with Gasteiger partial charge in [0.2, 0.25) is 0 Å². The molecule has 0 spiro atoms. The molecule has 3 heteroatoms. The predicted octanol–water partition coefficient (Wildman–Crippen LogP) is 4.83. The number of halogens is 1. The Hall–Kier alpha value is -0.800. The first-order valence-corrected chi connectivity index (χ1v) is 7.53. The van der Waals surface area contributed by atoms with Crippen LogP contribution in [0.15, 0.2) is 41.1 Å². The summed E-state index contributed by atoms with van der Waals surface area (Å²) < 4.78 is 5.43. The quantitative estimate of drug-likeness (QED) is 0.719. The maximum atomic E-state index is 5.43. The molecule has 0 N–H and O–H groups in total. The van der Waals surface area contributed by atoms with Gasteiger partial charge in [0, 0.05) is 4.83 Å². The summed E-state index contributed by atoms with van der Waals surface area (Å²) in [5.41, 5.74) is 2.67. The lowest BCUT2D eigenvalue weighted by Crippen LogP contribution is -1.95. The fraction of sp³-hybridized carbons (Fsp3) is 0.286. The molecule has 0 bridgehead atoms. The van der Waals surface area contributed by atoms with E-state index in [1.165, 1.54) is 11.1 Å². The zero-order valence-corrected chi connectivity index (χ0v) is 12.1. The maximum Gasteiger partial charge on any atom is 0.119 e. The molecule has 0 aliphatic heterocycles. The van der Waals surface area contributed by atoms with E-state index in [4.69, 9.17) is 4.74 Å². The molecule has 1 atom stereocenters. The Morgan fingerprint density at radius 2 is 2.00 bits per heavy atom. The van der Waals surface area contributed by atoms with Gasteiger partial charge in [-0.2, -0.15) is 11.3 Å². The van der Waals surface area contributed by atoms with Gasteiger partial charge in [-0.25, -0.2) is 0 Å². The minimum Gasteiger partial charge on any atom is -0.494 e. The highest BCUT2D eigenvalue weighted by molar-refractivity contribution is 9.09. The van der Waals surface area contributed by atoms with Crippen LogP contribution in [0.5, 0.6) is 5.75 Å². The van der Waals surface area contributed by atoms with Crippen molar-refractivity contribution in [1.29, 1.82) is 0 Å². The summed E-state index contributed by atoms with van der Waals surface area (Å²) in [4.78, 5) is 0.368. The van der Waals surface area contributed by atoms with Crippen LogP contribution in [0.4, 0.5) is 0 Å². The van der Waals surface area contributed by atoms with Gasteiger partial charge in [0.25, 0.3) is 0 Å². The first kappa shape index (κ1) is 12.7. The van der Waals surface area contributed by atoms with Crippen molar-refractivity contribution < 1.29 is 4.74 Å². The van der Waals surface area contributed by atoms with Crippen LogP contribution >= 0.6 is 27.3 Å². The molecule has 2 aromatic rings. The van der Waals surface area contributed by atoms with Gasteiger partial charge >= 0.3 is 0 Å². The third-order valence-corrected chi connectivity index (χ3v) is 4.13. The van der Waals surface area contributed by atoms with Crippen molar-refractivity contribution in [2.45, 2.75) is 18.2 Å². The largest absolute Gasteiger partial charge is 0.494 e. The molecule has 1 unspecified atom stereocenters. The molecule has 0 aliphatic carbocycles. The lowest BCUT2D eigenvalue weighted by Gasteiger charge is -2.10. The van der Waals surface area contributed by atoms with Gasteiger partial charge in [0.15, 0.2) is 0 Å². The Balaban J connectivity index is 2.01. The molecule has 0 aliphatic rings. The van der Waals surface area contributed by atoms with Gasteiger partial charge < -0.3 is 4.74 Å². The zero-order valence-electron chi connectivity index (χ0n) is 9.73. The average molecular weight is 311 g/mol. The van der Waals surface area contributed by atoms with E-state index in [9.17, 15) is 0 Å². The number of hydrogen-bond donors (Lipinski definition) is 0. The molecule has 0 saturated carbocycles. The summed E-state index contributed by atoms with van der Waals surface area (Å²) in [5, 5.41) is 4.32. The van der Waals surface area contributed by atoms with Gasteiger partial charge in [0.1, 0.15) is 5.75 Å². The minimum absolute atomic E-state index is 0.368. The van der Waals surface area contributed by atoms with Crippen LogP contribution in [-0.2, 0) is 6.42 Å². The number of hydrogen-bond acceptors (Lipinski definition) is 2. The van der Waals surface area contributed by atoms with E-state index < -0.39 is 0 Å². The van der Waals surface area contributed by atoms with Crippen molar-refractivity contribution in [3.63, 3.8) is 0 Å². The van der Waals surface area contributed by atoms with Crippen LogP contribution in [0.25, 0.3) is 0 Å². The summed E-state index contributed by atoms with van der Waals surface area (Å²) in [6.07, 6.45) is 1.03. The minimum atomic E-state index is 0.368. The molecule has 1 heterocycles. The summed E-state index contributed by atoms with van der Waals surface area (Å²) in [5.74, 6) is 0.937. The van der Waals surface area contributed by atoms with Gasteiger partial charge in [-0.1, -0.05) is 28.1 Å². The fourth-order valence-electron chi connectivity index (χ4n) is 1.67. The van der Waals surface area contributed by atoms with Crippen molar-refractivity contribution in [2.75, 3.05) is 6.61 Å². The number of ether oxygens (including phenoxy) is 1. The summed E-state index contributed by atoms with van der Waals surface area (Å²) in [6.45, 7) is 2.71. The van der Waals surface area contributed by atoms with E-state index >= 15 is 0 Å². The molecular weight excluding hydrogens is 296 g/mol. The molecule has 17 heavy (non-hydrogen) atoms. The second-order valence-electron chi connectivity index (χ2n) is 3.81. The Labute approximate surface area is 115 Å². The summed E-state index contributed by atoms with van der Waals surface area (Å²) >= 11 is 5.48. The van der Waals surface area contributed by atoms with Crippen LogP contribution < -0.4 is 4.74 Å². The molecule has 0 amide bonds. The topological polar surface area (TPSA) is 9.23 Å². The average Bonchev–Trinajstić information content (AvgIpc) is 2.83. The van der Waals surface area contributed by atoms with E-state index in [0.717, 1.165) is 12.2 Å². The SMILES string of the molecule is CCOc1ccc(C(Br)Cc2ccsc2)cc1. The molecule has 0 fully saturated rings. The number of rotatable bonds is 5. The maximum absolute atomic E-state index is 5.43. The first-order chi connectivity index (χ1) is 8.29. The predicted molar refractivity (Wildman–Crippen MR) is 77.3 cm³/mol. The van der Waals surface area contributed by atoms with Crippen LogP contribution in [0, 0.1) is 0 Å².